The zero-order valence-corrected chi connectivity index (χ0v) is 19.0. The van der Waals surface area contributed by atoms with E-state index >= 15 is 0 Å². The Morgan fingerprint density at radius 3 is 1.57 bits per heavy atom. The lowest BCUT2D eigenvalue weighted by atomic mass is 9.96. The first-order valence-electron chi connectivity index (χ1n) is 11.4. The molecule has 0 aliphatic carbocycles. The van der Waals surface area contributed by atoms with Crippen molar-refractivity contribution in [2.45, 2.75) is 39.0 Å². The summed E-state index contributed by atoms with van der Waals surface area (Å²) >= 11 is 0. The summed E-state index contributed by atoms with van der Waals surface area (Å²) in [6, 6.07) is 0. The maximum atomic E-state index is 5.41. The van der Waals surface area contributed by atoms with E-state index in [2.05, 4.69) is 56.2 Å². The topological polar surface area (TPSA) is 87.7 Å². The number of rotatable bonds is 10. The molecule has 2 aliphatic rings. The molecule has 3 rings (SSSR count). The maximum Gasteiger partial charge on any atom is 0.227 e. The van der Waals surface area contributed by atoms with Crippen LogP contribution in [0.15, 0.2) is 0 Å². The summed E-state index contributed by atoms with van der Waals surface area (Å²) in [6.45, 7) is 17.7. The Bertz CT molecular complexity index is 582. The number of hydrogen-bond donors (Lipinski definition) is 2. The summed E-state index contributed by atoms with van der Waals surface area (Å²) in [7, 11) is 0. The Kier molecular flexibility index (Phi) is 9.05. The molecule has 0 amide bonds. The highest BCUT2D eigenvalue weighted by molar-refractivity contribution is 5.35. The minimum absolute atomic E-state index is 0.128. The van der Waals surface area contributed by atoms with E-state index in [4.69, 9.17) is 9.47 Å². The summed E-state index contributed by atoms with van der Waals surface area (Å²) in [6.07, 6.45) is 2.11. The normalized spacial score (nSPS) is 19.0. The molecule has 2 fully saturated rings. The van der Waals surface area contributed by atoms with Gasteiger partial charge in [0.15, 0.2) is 0 Å². The smallest absolute Gasteiger partial charge is 0.227 e. The van der Waals surface area contributed by atoms with Gasteiger partial charge in [0.05, 0.1) is 26.4 Å². The monoisotopic (exact) mass is 421 g/mol. The summed E-state index contributed by atoms with van der Waals surface area (Å²) in [4.78, 5) is 18.8. The molecular weight excluding hydrogens is 382 g/mol. The van der Waals surface area contributed by atoms with Crippen LogP contribution in [0, 0.1) is 0 Å². The molecule has 170 valence electrons. The van der Waals surface area contributed by atoms with Crippen LogP contribution in [0.5, 0.6) is 0 Å². The summed E-state index contributed by atoms with van der Waals surface area (Å²) in [5, 5.41) is 6.79. The third-order valence-corrected chi connectivity index (χ3v) is 5.38. The van der Waals surface area contributed by atoms with Crippen LogP contribution in [-0.2, 0) is 14.9 Å². The average molecular weight is 422 g/mol. The molecule has 2 aliphatic heterocycles. The van der Waals surface area contributed by atoms with E-state index in [0.29, 0.717) is 11.9 Å². The summed E-state index contributed by atoms with van der Waals surface area (Å²) in [5.41, 5.74) is -0.128. The molecule has 1 aromatic heterocycles. The highest BCUT2D eigenvalue weighted by atomic mass is 16.5. The van der Waals surface area contributed by atoms with Crippen molar-refractivity contribution >= 4 is 11.9 Å². The molecule has 1 aromatic rings. The Hall–Kier alpha value is -1.55. The van der Waals surface area contributed by atoms with E-state index < -0.39 is 0 Å². The Balaban J connectivity index is 1.47. The molecule has 0 unspecified atom stereocenters. The van der Waals surface area contributed by atoms with Gasteiger partial charge in [0.25, 0.3) is 0 Å². The number of hydrogen-bond acceptors (Lipinski definition) is 9. The van der Waals surface area contributed by atoms with E-state index in [-0.39, 0.29) is 5.41 Å². The molecule has 2 N–H and O–H groups in total. The highest BCUT2D eigenvalue weighted by Gasteiger charge is 2.20. The second kappa shape index (κ2) is 11.7. The maximum absolute atomic E-state index is 5.41. The first-order valence-corrected chi connectivity index (χ1v) is 11.4. The first kappa shape index (κ1) is 23.1. The molecule has 9 nitrogen and oxygen atoms in total. The van der Waals surface area contributed by atoms with Crippen LogP contribution in [-0.4, -0.2) is 104 Å². The molecule has 0 radical (unpaired) electrons. The van der Waals surface area contributed by atoms with E-state index in [1.807, 2.05) is 0 Å². The van der Waals surface area contributed by atoms with Gasteiger partial charge in [-0.2, -0.15) is 15.0 Å². The molecule has 30 heavy (non-hydrogen) atoms. The van der Waals surface area contributed by atoms with Crippen molar-refractivity contribution in [2.75, 3.05) is 89.4 Å². The third kappa shape index (κ3) is 7.94. The second-order valence-corrected chi connectivity index (χ2v) is 9.02. The van der Waals surface area contributed by atoms with Crippen molar-refractivity contribution < 1.29 is 9.47 Å². The number of ether oxygens (including phenoxy) is 2. The van der Waals surface area contributed by atoms with Gasteiger partial charge < -0.3 is 20.1 Å². The lowest BCUT2D eigenvalue weighted by molar-refractivity contribution is 0.0378. The second-order valence-electron chi connectivity index (χ2n) is 9.02. The van der Waals surface area contributed by atoms with Gasteiger partial charge in [0.1, 0.15) is 5.82 Å². The molecule has 3 heterocycles. The van der Waals surface area contributed by atoms with Crippen LogP contribution in [0.25, 0.3) is 0 Å². The quantitative estimate of drug-likeness (QED) is 0.545. The Morgan fingerprint density at radius 2 is 1.17 bits per heavy atom. The van der Waals surface area contributed by atoms with Crippen molar-refractivity contribution in [1.82, 2.24) is 24.8 Å². The molecule has 9 heteroatoms. The molecule has 0 atom stereocenters. The lowest BCUT2D eigenvalue weighted by Crippen LogP contribution is -2.37. The van der Waals surface area contributed by atoms with Crippen LogP contribution in [0.2, 0.25) is 0 Å². The van der Waals surface area contributed by atoms with Gasteiger partial charge in [-0.3, -0.25) is 9.80 Å². The molecule has 0 aromatic carbocycles. The number of morpholine rings is 2. The van der Waals surface area contributed by atoms with Crippen molar-refractivity contribution in [3.63, 3.8) is 0 Å². The van der Waals surface area contributed by atoms with Crippen molar-refractivity contribution in [2.24, 2.45) is 0 Å². The van der Waals surface area contributed by atoms with Crippen LogP contribution in [0.4, 0.5) is 11.9 Å². The average Bonchev–Trinajstić information content (AvgIpc) is 2.75. The number of nitrogens with one attached hydrogen (secondary N) is 2. The van der Waals surface area contributed by atoms with Gasteiger partial charge in [-0.15, -0.1) is 0 Å². The minimum atomic E-state index is -0.128. The number of aromatic nitrogens is 3. The highest BCUT2D eigenvalue weighted by Crippen LogP contribution is 2.20. The predicted molar refractivity (Wildman–Crippen MR) is 119 cm³/mol. The van der Waals surface area contributed by atoms with Crippen molar-refractivity contribution in [3.05, 3.63) is 5.82 Å². The standard InChI is InChI=1S/C21H39N7O2/c1-21(2,3)18-24-19(22-6-4-8-27-10-14-29-15-11-27)26-20(25-18)23-7-5-9-28-12-16-30-17-13-28/h4-17H2,1-3H3,(H2,22,23,24,25,26). The molecular formula is C21H39N7O2. The summed E-state index contributed by atoms with van der Waals surface area (Å²) < 4.78 is 10.8. The van der Waals surface area contributed by atoms with Gasteiger partial charge in [-0.25, -0.2) is 0 Å². The number of anilines is 2. The van der Waals surface area contributed by atoms with E-state index in [0.717, 1.165) is 97.5 Å². The van der Waals surface area contributed by atoms with Gasteiger partial charge in [-0.05, 0) is 25.9 Å². The predicted octanol–water partition coefficient (Wildman–Crippen LogP) is 1.44. The van der Waals surface area contributed by atoms with Gasteiger partial charge in [-0.1, -0.05) is 20.8 Å². The van der Waals surface area contributed by atoms with E-state index in [1.54, 1.807) is 0 Å². The SMILES string of the molecule is CC(C)(C)c1nc(NCCCN2CCOCC2)nc(NCCCN2CCOCC2)n1. The Morgan fingerprint density at radius 1 is 0.733 bits per heavy atom. The summed E-state index contributed by atoms with van der Waals surface area (Å²) in [5.74, 6) is 2.13. The third-order valence-electron chi connectivity index (χ3n) is 5.38. The zero-order valence-electron chi connectivity index (χ0n) is 19.0. The van der Waals surface area contributed by atoms with E-state index in [9.17, 15) is 0 Å². The Labute approximate surface area is 180 Å². The zero-order chi connectivity index (χ0) is 21.2. The van der Waals surface area contributed by atoms with Gasteiger partial charge >= 0.3 is 0 Å². The van der Waals surface area contributed by atoms with Crippen molar-refractivity contribution in [1.29, 1.82) is 0 Å². The fraction of sp³-hybridized carbons (Fsp3) is 0.857. The molecule has 0 bridgehead atoms. The molecule has 0 spiro atoms. The molecule has 0 saturated carbocycles. The van der Waals surface area contributed by atoms with Crippen LogP contribution in [0.1, 0.15) is 39.4 Å². The fourth-order valence-electron chi connectivity index (χ4n) is 3.52. The fourth-order valence-corrected chi connectivity index (χ4v) is 3.52. The lowest BCUT2D eigenvalue weighted by Gasteiger charge is -2.26. The first-order chi connectivity index (χ1) is 14.5. The van der Waals surface area contributed by atoms with Crippen LogP contribution in [0.3, 0.4) is 0 Å². The van der Waals surface area contributed by atoms with Gasteiger partial charge in [0, 0.05) is 44.7 Å². The number of nitrogens with zero attached hydrogens (tertiary/aromatic N) is 5. The molecule has 2 saturated heterocycles. The van der Waals surface area contributed by atoms with E-state index in [1.165, 1.54) is 0 Å². The largest absolute Gasteiger partial charge is 0.379 e. The van der Waals surface area contributed by atoms with Crippen LogP contribution < -0.4 is 10.6 Å². The van der Waals surface area contributed by atoms with Gasteiger partial charge in [0.2, 0.25) is 11.9 Å². The van der Waals surface area contributed by atoms with Crippen molar-refractivity contribution in [3.8, 4) is 0 Å². The van der Waals surface area contributed by atoms with Crippen LogP contribution >= 0.6 is 0 Å². The minimum Gasteiger partial charge on any atom is -0.379 e.